The molecule has 0 aromatic heterocycles. The molecule has 1 aliphatic heterocycles. The fraction of sp³-hybridized carbons (Fsp3) is 0.714. The molecule has 0 spiro atoms. The number of hydrogen-bond donors (Lipinski definition) is 3. The summed E-state index contributed by atoms with van der Waals surface area (Å²) in [7, 11) is 0. The molecule has 0 saturated heterocycles. The van der Waals surface area contributed by atoms with Crippen molar-refractivity contribution < 1.29 is 29.6 Å². The largest absolute Gasteiger partial charge is 0.455 e. The molecule has 3 N–H and O–H groups in total. The molecule has 5 rings (SSSR count). The van der Waals surface area contributed by atoms with Gasteiger partial charge in [0.05, 0.1) is 11.0 Å². The molecule has 1 heterocycles. The van der Waals surface area contributed by atoms with Crippen molar-refractivity contribution in [1.29, 1.82) is 0 Å². The van der Waals surface area contributed by atoms with E-state index in [2.05, 4.69) is 6.08 Å². The number of allylic oxidation sites excluding steroid dienone is 4. The van der Waals surface area contributed by atoms with Gasteiger partial charge in [0.25, 0.3) is 0 Å². The minimum Gasteiger partial charge on any atom is -0.455 e. The van der Waals surface area contributed by atoms with Gasteiger partial charge >= 0.3 is 5.97 Å². The van der Waals surface area contributed by atoms with Crippen molar-refractivity contribution in [1.82, 2.24) is 0 Å². The zero-order valence-electron chi connectivity index (χ0n) is 21.0. The second-order valence-corrected chi connectivity index (χ2v) is 12.2. The van der Waals surface area contributed by atoms with Crippen molar-refractivity contribution >= 4 is 11.8 Å². The van der Waals surface area contributed by atoms with Crippen molar-refractivity contribution in [2.75, 3.05) is 0 Å². The summed E-state index contributed by atoms with van der Waals surface area (Å²) in [5, 5.41) is 36.5. The first-order valence-electron chi connectivity index (χ1n) is 12.7. The number of aliphatic hydroxyl groups is 3. The number of ketones is 1. The second kappa shape index (κ2) is 7.14. The fourth-order valence-corrected chi connectivity index (χ4v) is 8.41. The standard InChI is InChI=1S/C28H38O6/c1-16-15-22(34-23(30)17(16)2)26(5,31)28(33)14-13-27(32)20-10-9-18-7-6-8-21(29)25(18,4)19(20)11-12-24(27,28)3/h6,8-9,19-20,22,31-33H,7,10-15H2,1-5H3/t19-,20-,22+,24+,25+,26+,27-,28+/m1/s1. The zero-order valence-corrected chi connectivity index (χ0v) is 21.0. The molecule has 5 aliphatic rings. The van der Waals surface area contributed by atoms with E-state index >= 15 is 0 Å². The summed E-state index contributed by atoms with van der Waals surface area (Å²) in [5.41, 5.74) is -3.78. The summed E-state index contributed by atoms with van der Waals surface area (Å²) in [6, 6.07) is 0. The lowest BCUT2D eigenvalue weighted by molar-refractivity contribution is -0.279. The monoisotopic (exact) mass is 470 g/mol. The first-order valence-corrected chi connectivity index (χ1v) is 12.7. The lowest BCUT2D eigenvalue weighted by Crippen LogP contribution is -2.72. The van der Waals surface area contributed by atoms with Gasteiger partial charge < -0.3 is 20.1 Å². The minimum atomic E-state index is -1.75. The number of rotatable bonds is 2. The molecule has 34 heavy (non-hydrogen) atoms. The summed E-state index contributed by atoms with van der Waals surface area (Å²) in [6.07, 6.45) is 8.28. The molecule has 6 heteroatoms. The highest BCUT2D eigenvalue weighted by Gasteiger charge is 2.76. The van der Waals surface area contributed by atoms with Crippen LogP contribution in [0.15, 0.2) is 34.9 Å². The van der Waals surface area contributed by atoms with Gasteiger partial charge in [-0.05, 0) is 84.1 Å². The highest BCUT2D eigenvalue weighted by Crippen LogP contribution is 2.70. The van der Waals surface area contributed by atoms with Gasteiger partial charge in [0, 0.05) is 17.4 Å². The Kier molecular flexibility index (Phi) is 5.03. The first kappa shape index (κ1) is 24.0. The van der Waals surface area contributed by atoms with E-state index in [1.54, 1.807) is 19.9 Å². The minimum absolute atomic E-state index is 0.0179. The number of fused-ring (bicyclic) bond motifs is 5. The average molecular weight is 471 g/mol. The van der Waals surface area contributed by atoms with E-state index in [0.717, 1.165) is 17.6 Å². The van der Waals surface area contributed by atoms with Gasteiger partial charge in [-0.1, -0.05) is 30.2 Å². The number of hydrogen-bond acceptors (Lipinski definition) is 6. The summed E-state index contributed by atoms with van der Waals surface area (Å²) < 4.78 is 5.63. The van der Waals surface area contributed by atoms with Gasteiger partial charge in [-0.2, -0.15) is 0 Å². The van der Waals surface area contributed by atoms with Crippen LogP contribution in [0.4, 0.5) is 0 Å². The zero-order chi connectivity index (χ0) is 24.9. The van der Waals surface area contributed by atoms with E-state index in [1.807, 2.05) is 26.8 Å². The van der Waals surface area contributed by atoms with E-state index in [0.29, 0.717) is 37.7 Å². The molecule has 8 atom stereocenters. The van der Waals surface area contributed by atoms with Crippen LogP contribution in [-0.4, -0.2) is 50.0 Å². The van der Waals surface area contributed by atoms with Crippen molar-refractivity contribution in [2.24, 2.45) is 22.7 Å². The van der Waals surface area contributed by atoms with Crippen LogP contribution in [0.25, 0.3) is 0 Å². The van der Waals surface area contributed by atoms with Crippen molar-refractivity contribution in [2.45, 2.75) is 102 Å². The van der Waals surface area contributed by atoms with Crippen LogP contribution in [0.5, 0.6) is 0 Å². The van der Waals surface area contributed by atoms with Crippen LogP contribution >= 0.6 is 0 Å². The van der Waals surface area contributed by atoms with Gasteiger partial charge in [-0.25, -0.2) is 4.79 Å². The third kappa shape index (κ3) is 2.63. The lowest BCUT2D eigenvalue weighted by atomic mass is 9.44. The third-order valence-electron chi connectivity index (χ3n) is 11.1. The molecule has 6 nitrogen and oxygen atoms in total. The van der Waals surface area contributed by atoms with Crippen LogP contribution in [-0.2, 0) is 14.3 Å². The Hall–Kier alpha value is -1.76. The Morgan fingerprint density at radius 2 is 1.79 bits per heavy atom. The maximum atomic E-state index is 13.1. The SMILES string of the molecule is CC1=C(C)C(=O)O[C@H]([C@](C)(O)[C@]2(O)CC[C@@]3(O)[C@@H]4CC=C5CC=CC(=O)[C@]5(C)[C@@H]4CC[C@]23C)C1. The third-order valence-corrected chi connectivity index (χ3v) is 11.1. The van der Waals surface area contributed by atoms with Crippen LogP contribution in [0, 0.1) is 22.7 Å². The van der Waals surface area contributed by atoms with Crippen molar-refractivity contribution in [3.8, 4) is 0 Å². The topological polar surface area (TPSA) is 104 Å². The molecule has 2 fully saturated rings. The predicted octanol–water partition coefficient (Wildman–Crippen LogP) is 3.54. The van der Waals surface area contributed by atoms with Gasteiger partial charge in [-0.15, -0.1) is 0 Å². The van der Waals surface area contributed by atoms with Crippen LogP contribution in [0.2, 0.25) is 0 Å². The predicted molar refractivity (Wildman–Crippen MR) is 127 cm³/mol. The summed E-state index contributed by atoms with van der Waals surface area (Å²) >= 11 is 0. The molecular formula is C28H38O6. The Labute approximate surface area is 201 Å². The molecule has 0 unspecified atom stereocenters. The molecule has 0 bridgehead atoms. The molecule has 2 saturated carbocycles. The van der Waals surface area contributed by atoms with Crippen LogP contribution < -0.4 is 0 Å². The van der Waals surface area contributed by atoms with E-state index < -0.39 is 39.7 Å². The van der Waals surface area contributed by atoms with E-state index in [-0.39, 0.29) is 24.0 Å². The summed E-state index contributed by atoms with van der Waals surface area (Å²) in [6.45, 7) is 9.01. The molecule has 186 valence electrons. The molecule has 0 radical (unpaired) electrons. The van der Waals surface area contributed by atoms with Gasteiger partial charge in [0.15, 0.2) is 5.78 Å². The van der Waals surface area contributed by atoms with E-state index in [4.69, 9.17) is 4.74 Å². The van der Waals surface area contributed by atoms with E-state index in [1.165, 1.54) is 0 Å². The van der Waals surface area contributed by atoms with Crippen molar-refractivity contribution in [3.63, 3.8) is 0 Å². The number of carbonyl (C=O) groups is 2. The summed E-state index contributed by atoms with van der Waals surface area (Å²) in [4.78, 5) is 25.5. The highest BCUT2D eigenvalue weighted by molar-refractivity contribution is 5.98. The van der Waals surface area contributed by atoms with Crippen molar-refractivity contribution in [3.05, 3.63) is 34.9 Å². The Morgan fingerprint density at radius 3 is 2.47 bits per heavy atom. The maximum absolute atomic E-state index is 13.1. The van der Waals surface area contributed by atoms with Crippen LogP contribution in [0.1, 0.15) is 79.6 Å². The molecule has 0 amide bonds. The Morgan fingerprint density at radius 1 is 1.09 bits per heavy atom. The molecule has 4 aliphatic carbocycles. The van der Waals surface area contributed by atoms with Crippen LogP contribution in [0.3, 0.4) is 0 Å². The number of cyclic esters (lactones) is 1. The Balaban J connectivity index is 1.53. The quantitative estimate of drug-likeness (QED) is 0.421. The molecular weight excluding hydrogens is 432 g/mol. The summed E-state index contributed by atoms with van der Waals surface area (Å²) in [5.74, 6) is -0.589. The smallest absolute Gasteiger partial charge is 0.334 e. The van der Waals surface area contributed by atoms with Gasteiger partial charge in [0.2, 0.25) is 0 Å². The molecule has 0 aromatic rings. The highest BCUT2D eigenvalue weighted by atomic mass is 16.6. The van der Waals surface area contributed by atoms with Gasteiger partial charge in [0.1, 0.15) is 17.3 Å². The Bertz CT molecular complexity index is 1050. The second-order valence-electron chi connectivity index (χ2n) is 12.2. The number of esters is 1. The lowest BCUT2D eigenvalue weighted by Gasteiger charge is -2.63. The fourth-order valence-electron chi connectivity index (χ4n) is 8.41. The maximum Gasteiger partial charge on any atom is 0.334 e. The normalized spacial score (nSPS) is 47.9. The molecule has 0 aromatic carbocycles. The number of carbonyl (C=O) groups excluding carboxylic acids is 2. The first-order chi connectivity index (χ1) is 15.7. The van der Waals surface area contributed by atoms with Gasteiger partial charge in [-0.3, -0.25) is 4.79 Å². The number of ether oxygens (including phenoxy) is 1. The van der Waals surface area contributed by atoms with E-state index in [9.17, 15) is 24.9 Å². The average Bonchev–Trinajstić information content (AvgIpc) is 3.00.